The predicted molar refractivity (Wildman–Crippen MR) is 95.1 cm³/mol. The molecule has 0 saturated heterocycles. The van der Waals surface area contributed by atoms with Gasteiger partial charge in [-0.3, -0.25) is 14.2 Å². The van der Waals surface area contributed by atoms with Crippen molar-refractivity contribution in [3.63, 3.8) is 0 Å². The topological polar surface area (TPSA) is 68.1 Å². The van der Waals surface area contributed by atoms with Crippen molar-refractivity contribution in [3.05, 3.63) is 43.2 Å². The van der Waals surface area contributed by atoms with Crippen LogP contribution in [0, 0.1) is 13.8 Å². The van der Waals surface area contributed by atoms with Crippen molar-refractivity contribution >= 4 is 38.8 Å². The van der Waals surface area contributed by atoms with Crippen LogP contribution in [0.4, 0.5) is 0 Å². The Bertz CT molecular complexity index is 1000. The highest BCUT2D eigenvalue weighted by molar-refractivity contribution is 7.18. The summed E-state index contributed by atoms with van der Waals surface area (Å²) in [7, 11) is 0. The molecular weight excluding hydrogens is 344 g/mol. The van der Waals surface area contributed by atoms with Crippen LogP contribution in [-0.2, 0) is 13.0 Å². The van der Waals surface area contributed by atoms with Crippen LogP contribution in [-0.4, -0.2) is 38.4 Å². The first-order valence-corrected chi connectivity index (χ1v) is 9.43. The molecule has 0 aliphatic carbocycles. The zero-order valence-electron chi connectivity index (χ0n) is 13.4. The lowest BCUT2D eigenvalue weighted by Crippen LogP contribution is -2.34. The molecule has 1 aliphatic rings. The summed E-state index contributed by atoms with van der Waals surface area (Å²) in [6, 6.07) is 1.90. The molecule has 0 fully saturated rings. The molecule has 24 heavy (non-hydrogen) atoms. The molecule has 0 saturated carbocycles. The van der Waals surface area contributed by atoms with Crippen molar-refractivity contribution in [2.45, 2.75) is 26.8 Å². The van der Waals surface area contributed by atoms with Gasteiger partial charge in [-0.25, -0.2) is 9.97 Å². The van der Waals surface area contributed by atoms with E-state index in [2.05, 4.69) is 9.97 Å². The van der Waals surface area contributed by atoms with E-state index in [0.29, 0.717) is 36.3 Å². The van der Waals surface area contributed by atoms with Gasteiger partial charge in [-0.2, -0.15) is 0 Å². The van der Waals surface area contributed by atoms with Gasteiger partial charge in [-0.05, 0) is 19.9 Å². The molecule has 0 aromatic carbocycles. The molecule has 3 aromatic heterocycles. The number of hydrogen-bond donors (Lipinski definition) is 0. The quantitative estimate of drug-likeness (QED) is 0.667. The maximum atomic E-state index is 12.7. The van der Waals surface area contributed by atoms with Crippen LogP contribution in [0.3, 0.4) is 0 Å². The number of aromatic nitrogens is 3. The minimum absolute atomic E-state index is 0.00243. The molecular formula is C16H16N4O2S2. The summed E-state index contributed by atoms with van der Waals surface area (Å²) >= 11 is 2.91. The smallest absolute Gasteiger partial charge is 0.265 e. The SMILES string of the molecule is Cc1cc2c(=O)n3c(nc2s1)CCN(C(=O)c1scnc1C)CC3. The number of fused-ring (bicyclic) bond motifs is 2. The molecule has 0 bridgehead atoms. The molecule has 3 aromatic rings. The fourth-order valence-electron chi connectivity index (χ4n) is 3.02. The second-order valence-corrected chi connectivity index (χ2v) is 7.96. The van der Waals surface area contributed by atoms with E-state index < -0.39 is 0 Å². The molecule has 8 heteroatoms. The van der Waals surface area contributed by atoms with Crippen molar-refractivity contribution in [2.24, 2.45) is 0 Å². The molecule has 0 unspecified atom stereocenters. The molecule has 1 aliphatic heterocycles. The lowest BCUT2D eigenvalue weighted by atomic mass is 10.3. The molecule has 6 nitrogen and oxygen atoms in total. The highest BCUT2D eigenvalue weighted by atomic mass is 32.1. The van der Waals surface area contributed by atoms with Crippen LogP contribution in [0.2, 0.25) is 0 Å². The summed E-state index contributed by atoms with van der Waals surface area (Å²) in [5, 5.41) is 0.680. The van der Waals surface area contributed by atoms with Crippen molar-refractivity contribution in [3.8, 4) is 0 Å². The van der Waals surface area contributed by atoms with E-state index in [9.17, 15) is 9.59 Å². The number of hydrogen-bond acceptors (Lipinski definition) is 6. The Balaban J connectivity index is 1.67. The first kappa shape index (κ1) is 15.5. The summed E-state index contributed by atoms with van der Waals surface area (Å²) in [6.07, 6.45) is 0.589. The maximum Gasteiger partial charge on any atom is 0.265 e. The van der Waals surface area contributed by atoms with Crippen molar-refractivity contribution in [1.82, 2.24) is 19.4 Å². The molecule has 4 rings (SSSR count). The second kappa shape index (κ2) is 5.78. The molecule has 0 spiro atoms. The first-order valence-electron chi connectivity index (χ1n) is 7.74. The van der Waals surface area contributed by atoms with Crippen molar-refractivity contribution in [2.75, 3.05) is 13.1 Å². The summed E-state index contributed by atoms with van der Waals surface area (Å²) in [5.74, 6) is 0.763. The number of carbonyl (C=O) groups is 1. The predicted octanol–water partition coefficient (Wildman–Crippen LogP) is 2.23. The van der Waals surface area contributed by atoms with Gasteiger partial charge in [-0.15, -0.1) is 22.7 Å². The van der Waals surface area contributed by atoms with E-state index in [4.69, 9.17) is 0 Å². The highest BCUT2D eigenvalue weighted by Gasteiger charge is 2.24. The number of aryl methyl sites for hydroxylation is 2. The number of thiazole rings is 1. The van der Waals surface area contributed by atoms with E-state index in [1.165, 1.54) is 11.3 Å². The van der Waals surface area contributed by atoms with Crippen LogP contribution in [0.15, 0.2) is 16.4 Å². The zero-order valence-corrected chi connectivity index (χ0v) is 15.0. The monoisotopic (exact) mass is 360 g/mol. The van der Waals surface area contributed by atoms with E-state index >= 15 is 0 Å². The van der Waals surface area contributed by atoms with Gasteiger partial charge in [-0.1, -0.05) is 0 Å². The van der Waals surface area contributed by atoms with Gasteiger partial charge < -0.3 is 4.90 Å². The number of carbonyl (C=O) groups excluding carboxylic acids is 1. The van der Waals surface area contributed by atoms with Crippen LogP contribution >= 0.6 is 22.7 Å². The molecule has 0 N–H and O–H groups in total. The largest absolute Gasteiger partial charge is 0.336 e. The molecule has 0 radical (unpaired) electrons. The van der Waals surface area contributed by atoms with E-state index in [-0.39, 0.29) is 11.5 Å². The first-order chi connectivity index (χ1) is 11.5. The van der Waals surface area contributed by atoms with Gasteiger partial charge in [0.2, 0.25) is 0 Å². The Hall–Kier alpha value is -2.06. The Kier molecular flexibility index (Phi) is 3.73. The molecule has 124 valence electrons. The molecule has 4 heterocycles. The number of amides is 1. The summed E-state index contributed by atoms with van der Waals surface area (Å²) < 4.78 is 1.72. The Morgan fingerprint density at radius 1 is 1.25 bits per heavy atom. The normalized spacial score (nSPS) is 14.7. The van der Waals surface area contributed by atoms with Gasteiger partial charge in [0.1, 0.15) is 15.5 Å². The van der Waals surface area contributed by atoms with Gasteiger partial charge in [0, 0.05) is 30.9 Å². The summed E-state index contributed by atoms with van der Waals surface area (Å²) in [6.45, 7) is 5.39. The van der Waals surface area contributed by atoms with Crippen molar-refractivity contribution in [1.29, 1.82) is 0 Å². The standard InChI is InChI=1S/C16H16N4O2S2/c1-9-7-11-14(24-9)18-12-3-4-19(5-6-20(12)15(11)21)16(22)13-10(2)17-8-23-13/h7-8H,3-6H2,1-2H3. The fraction of sp³-hybridized carbons (Fsp3) is 0.375. The van der Waals surface area contributed by atoms with Crippen LogP contribution in [0.5, 0.6) is 0 Å². The average Bonchev–Trinajstić information content (AvgIpc) is 3.07. The number of rotatable bonds is 1. The average molecular weight is 360 g/mol. The van der Waals surface area contributed by atoms with Crippen LogP contribution in [0.25, 0.3) is 10.2 Å². The summed E-state index contributed by atoms with van der Waals surface area (Å²) in [5.41, 5.74) is 2.46. The third kappa shape index (κ3) is 2.46. The second-order valence-electron chi connectivity index (χ2n) is 5.87. The third-order valence-corrected chi connectivity index (χ3v) is 6.14. The minimum Gasteiger partial charge on any atom is -0.336 e. The van der Waals surface area contributed by atoms with E-state index in [0.717, 1.165) is 21.2 Å². The maximum absolute atomic E-state index is 12.7. The van der Waals surface area contributed by atoms with Crippen LogP contribution < -0.4 is 5.56 Å². The number of nitrogens with zero attached hydrogens (tertiary/aromatic N) is 4. The Morgan fingerprint density at radius 3 is 2.83 bits per heavy atom. The zero-order chi connectivity index (χ0) is 16.8. The van der Waals surface area contributed by atoms with Gasteiger partial charge >= 0.3 is 0 Å². The summed E-state index contributed by atoms with van der Waals surface area (Å²) in [4.78, 5) is 38.6. The third-order valence-electron chi connectivity index (χ3n) is 4.28. The lowest BCUT2D eigenvalue weighted by molar-refractivity contribution is 0.0763. The lowest BCUT2D eigenvalue weighted by Gasteiger charge is -2.19. The van der Waals surface area contributed by atoms with Gasteiger partial charge in [0.15, 0.2) is 0 Å². The Labute approximate surface area is 146 Å². The molecule has 0 atom stereocenters. The van der Waals surface area contributed by atoms with Crippen molar-refractivity contribution < 1.29 is 4.79 Å². The van der Waals surface area contributed by atoms with E-state index in [1.807, 2.05) is 19.9 Å². The molecule has 1 amide bonds. The minimum atomic E-state index is -0.00601. The van der Waals surface area contributed by atoms with Gasteiger partial charge in [0.25, 0.3) is 11.5 Å². The van der Waals surface area contributed by atoms with E-state index in [1.54, 1.807) is 26.3 Å². The van der Waals surface area contributed by atoms with Gasteiger partial charge in [0.05, 0.1) is 16.6 Å². The number of thiophene rings is 1. The van der Waals surface area contributed by atoms with Crippen LogP contribution in [0.1, 0.15) is 26.1 Å². The highest BCUT2D eigenvalue weighted by Crippen LogP contribution is 2.22. The Morgan fingerprint density at radius 2 is 2.08 bits per heavy atom. The fourth-order valence-corrected chi connectivity index (χ4v) is 4.68.